The fraction of sp³-hybridized carbons (Fsp3) is 0.520. The van der Waals surface area contributed by atoms with Crippen molar-refractivity contribution in [2.45, 2.75) is 58.1 Å². The molecule has 166 valence electrons. The van der Waals surface area contributed by atoms with Crippen LogP contribution in [0.3, 0.4) is 0 Å². The molecule has 1 saturated heterocycles. The Balaban J connectivity index is 1.57. The number of aryl methyl sites for hydroxylation is 1. The summed E-state index contributed by atoms with van der Waals surface area (Å²) in [6.45, 7) is 9.04. The summed E-state index contributed by atoms with van der Waals surface area (Å²) in [5.74, 6) is 0.753. The number of likely N-dealkylation sites (tertiary alicyclic amines) is 1. The zero-order valence-electron chi connectivity index (χ0n) is 19.2. The summed E-state index contributed by atoms with van der Waals surface area (Å²) < 4.78 is 9.18. The predicted octanol–water partition coefficient (Wildman–Crippen LogP) is 4.76. The van der Waals surface area contributed by atoms with Gasteiger partial charge in [0.2, 0.25) is 0 Å². The molecule has 6 nitrogen and oxygen atoms in total. The second-order valence-electron chi connectivity index (χ2n) is 9.81. The lowest BCUT2D eigenvalue weighted by Gasteiger charge is -2.33. The molecule has 2 unspecified atom stereocenters. The van der Waals surface area contributed by atoms with Crippen molar-refractivity contribution in [3.8, 4) is 0 Å². The summed E-state index contributed by atoms with van der Waals surface area (Å²) >= 11 is 0. The first-order valence-corrected chi connectivity index (χ1v) is 11.2. The summed E-state index contributed by atoms with van der Waals surface area (Å²) in [5.41, 5.74) is 2.67. The van der Waals surface area contributed by atoms with Crippen molar-refractivity contribution in [1.29, 1.82) is 0 Å². The number of hydrogen-bond acceptors (Lipinski definition) is 3. The number of fused-ring (bicyclic) bond motifs is 1. The van der Waals surface area contributed by atoms with Gasteiger partial charge in [0, 0.05) is 32.1 Å². The van der Waals surface area contributed by atoms with E-state index in [1.807, 2.05) is 32.4 Å². The lowest BCUT2D eigenvalue weighted by atomic mass is 9.84. The van der Waals surface area contributed by atoms with Crippen LogP contribution in [0, 0.1) is 5.92 Å². The average Bonchev–Trinajstić information content (AvgIpc) is 2.97. The van der Waals surface area contributed by atoms with Crippen LogP contribution in [-0.2, 0) is 11.8 Å². The molecular weight excluding hydrogens is 390 g/mol. The van der Waals surface area contributed by atoms with Crippen LogP contribution < -0.4 is 5.69 Å². The van der Waals surface area contributed by atoms with E-state index in [0.29, 0.717) is 24.9 Å². The molecular formula is C25H33N3O3. The Bertz CT molecular complexity index is 1090. The minimum absolute atomic E-state index is 0.00926. The zero-order valence-corrected chi connectivity index (χ0v) is 19.2. The smallest absolute Gasteiger partial charge is 0.410 e. The summed E-state index contributed by atoms with van der Waals surface area (Å²) in [4.78, 5) is 27.3. The fourth-order valence-electron chi connectivity index (χ4n) is 4.71. The summed E-state index contributed by atoms with van der Waals surface area (Å²) in [6.07, 6.45) is 9.85. The van der Waals surface area contributed by atoms with Crippen molar-refractivity contribution in [3.63, 3.8) is 0 Å². The topological polar surface area (TPSA) is 56.5 Å². The molecule has 1 aromatic heterocycles. The molecule has 2 atom stereocenters. The molecule has 0 radical (unpaired) electrons. The monoisotopic (exact) mass is 423 g/mol. The summed E-state index contributed by atoms with van der Waals surface area (Å²) in [5, 5.41) is 0. The van der Waals surface area contributed by atoms with Gasteiger partial charge in [0.25, 0.3) is 0 Å². The highest BCUT2D eigenvalue weighted by Crippen LogP contribution is 2.33. The standard InChI is InChI=1S/C25H33N3O3/c1-17-8-6-7-9-20(17)18-10-11-21-22(16-18)26(5)23(29)28(21)19-12-14-27(15-13-19)24(30)31-25(2,3)4/h6-11,16-17,19-20H,12-15H2,1-5H3. The highest BCUT2D eigenvalue weighted by Gasteiger charge is 2.29. The van der Waals surface area contributed by atoms with Gasteiger partial charge in [-0.2, -0.15) is 0 Å². The molecule has 0 bridgehead atoms. The number of nitrogens with zero attached hydrogens (tertiary/aromatic N) is 3. The highest BCUT2D eigenvalue weighted by atomic mass is 16.6. The van der Waals surface area contributed by atoms with Crippen molar-refractivity contribution >= 4 is 17.1 Å². The first-order valence-electron chi connectivity index (χ1n) is 11.2. The average molecular weight is 424 g/mol. The van der Waals surface area contributed by atoms with Gasteiger partial charge in [-0.15, -0.1) is 0 Å². The number of rotatable bonds is 2. The quantitative estimate of drug-likeness (QED) is 0.700. The number of carbonyl (C=O) groups excluding carboxylic acids is 1. The first kappa shape index (κ1) is 21.5. The Kier molecular flexibility index (Phi) is 5.58. The Morgan fingerprint density at radius 2 is 1.74 bits per heavy atom. The van der Waals surface area contributed by atoms with Crippen LogP contribution in [-0.4, -0.2) is 38.8 Å². The second-order valence-corrected chi connectivity index (χ2v) is 9.81. The molecule has 0 saturated carbocycles. The molecule has 1 fully saturated rings. The molecule has 1 aliphatic heterocycles. The number of allylic oxidation sites excluding steroid dienone is 4. The van der Waals surface area contributed by atoms with Crippen LogP contribution in [0.4, 0.5) is 4.79 Å². The summed E-state index contributed by atoms with van der Waals surface area (Å²) in [7, 11) is 1.85. The Morgan fingerprint density at radius 3 is 2.39 bits per heavy atom. The molecule has 31 heavy (non-hydrogen) atoms. The van der Waals surface area contributed by atoms with E-state index in [4.69, 9.17) is 4.74 Å². The van der Waals surface area contributed by atoms with Crippen molar-refractivity contribution in [3.05, 3.63) is 58.6 Å². The SMILES string of the molecule is CC1C=CC=CC1c1ccc2c(c1)n(C)c(=O)n2C1CCN(C(=O)OC(C)(C)C)CC1. The zero-order chi connectivity index (χ0) is 22.3. The van der Waals surface area contributed by atoms with Gasteiger partial charge < -0.3 is 9.64 Å². The van der Waals surface area contributed by atoms with Crippen LogP contribution in [0.25, 0.3) is 11.0 Å². The molecule has 4 rings (SSSR count). The van der Waals surface area contributed by atoms with Gasteiger partial charge >= 0.3 is 11.8 Å². The van der Waals surface area contributed by atoms with E-state index < -0.39 is 5.60 Å². The number of imidazole rings is 1. The molecule has 1 amide bonds. The van der Waals surface area contributed by atoms with Crippen molar-refractivity contribution in [2.24, 2.45) is 13.0 Å². The molecule has 0 N–H and O–H groups in total. The number of amides is 1. The molecule has 1 aromatic carbocycles. The third-order valence-electron chi connectivity index (χ3n) is 6.39. The van der Waals surface area contributed by atoms with E-state index in [2.05, 4.69) is 49.4 Å². The Morgan fingerprint density at radius 1 is 1.06 bits per heavy atom. The van der Waals surface area contributed by atoms with E-state index >= 15 is 0 Å². The van der Waals surface area contributed by atoms with Gasteiger partial charge in [0.05, 0.1) is 11.0 Å². The number of carbonyl (C=O) groups is 1. The van der Waals surface area contributed by atoms with Crippen LogP contribution in [0.5, 0.6) is 0 Å². The molecule has 6 heteroatoms. The third-order valence-corrected chi connectivity index (χ3v) is 6.39. The van der Waals surface area contributed by atoms with Crippen molar-refractivity contribution in [1.82, 2.24) is 14.0 Å². The Labute approximate surface area is 183 Å². The lowest BCUT2D eigenvalue weighted by molar-refractivity contribution is 0.0188. The molecule has 1 aliphatic carbocycles. The lowest BCUT2D eigenvalue weighted by Crippen LogP contribution is -2.43. The Hall–Kier alpha value is -2.76. The molecule has 2 aromatic rings. The maximum absolute atomic E-state index is 13.1. The largest absolute Gasteiger partial charge is 0.444 e. The van der Waals surface area contributed by atoms with Gasteiger partial charge in [-0.25, -0.2) is 9.59 Å². The number of ether oxygens (including phenoxy) is 1. The van der Waals surface area contributed by atoms with Gasteiger partial charge in [0.15, 0.2) is 0 Å². The number of aromatic nitrogens is 2. The normalized spacial score (nSPS) is 22.3. The molecule has 0 spiro atoms. The fourth-order valence-corrected chi connectivity index (χ4v) is 4.71. The first-order chi connectivity index (χ1) is 14.7. The van der Waals surface area contributed by atoms with Crippen LogP contribution in [0.1, 0.15) is 58.1 Å². The van der Waals surface area contributed by atoms with Gasteiger partial charge in [-0.1, -0.05) is 37.3 Å². The second kappa shape index (κ2) is 8.06. The number of benzene rings is 1. The molecule has 2 aliphatic rings. The van der Waals surface area contributed by atoms with Crippen molar-refractivity contribution < 1.29 is 9.53 Å². The van der Waals surface area contributed by atoms with E-state index in [1.54, 1.807) is 9.47 Å². The van der Waals surface area contributed by atoms with E-state index in [1.165, 1.54) is 5.56 Å². The van der Waals surface area contributed by atoms with E-state index in [0.717, 1.165) is 23.9 Å². The summed E-state index contributed by atoms with van der Waals surface area (Å²) in [6, 6.07) is 6.48. The third kappa shape index (κ3) is 4.21. The van der Waals surface area contributed by atoms with Gasteiger partial charge in [-0.3, -0.25) is 9.13 Å². The minimum atomic E-state index is -0.501. The molecule has 2 heterocycles. The van der Waals surface area contributed by atoms with Gasteiger partial charge in [-0.05, 0) is 57.2 Å². The van der Waals surface area contributed by atoms with Crippen molar-refractivity contribution in [2.75, 3.05) is 13.1 Å². The van der Waals surface area contributed by atoms with Crippen LogP contribution in [0.2, 0.25) is 0 Å². The minimum Gasteiger partial charge on any atom is -0.444 e. The number of hydrogen-bond donors (Lipinski definition) is 0. The van der Waals surface area contributed by atoms with Crippen LogP contribution in [0.15, 0.2) is 47.3 Å². The van der Waals surface area contributed by atoms with E-state index in [9.17, 15) is 9.59 Å². The van der Waals surface area contributed by atoms with Crippen LogP contribution >= 0.6 is 0 Å². The van der Waals surface area contributed by atoms with Gasteiger partial charge in [0.1, 0.15) is 5.60 Å². The highest BCUT2D eigenvalue weighted by molar-refractivity contribution is 5.77. The van der Waals surface area contributed by atoms with E-state index in [-0.39, 0.29) is 17.8 Å². The maximum atomic E-state index is 13.1. The predicted molar refractivity (Wildman–Crippen MR) is 123 cm³/mol. The maximum Gasteiger partial charge on any atom is 0.410 e. The number of piperidine rings is 1.